The number of aryl methyl sites for hydroxylation is 1. The van der Waals surface area contributed by atoms with Gasteiger partial charge in [-0.3, -0.25) is 4.98 Å². The molecule has 6 heteroatoms. The molecule has 0 spiro atoms. The van der Waals surface area contributed by atoms with Crippen molar-refractivity contribution in [2.45, 2.75) is 13.7 Å². The molecule has 0 saturated carbocycles. The maximum Gasteiger partial charge on any atom is 0.341 e. The van der Waals surface area contributed by atoms with E-state index in [1.54, 1.807) is 24.5 Å². The van der Waals surface area contributed by atoms with Crippen molar-refractivity contribution in [2.24, 2.45) is 0 Å². The minimum atomic E-state index is -0.429. The number of esters is 1. The summed E-state index contributed by atoms with van der Waals surface area (Å²) in [5, 5.41) is 7.53. The fourth-order valence-electron chi connectivity index (χ4n) is 1.15. The second kappa shape index (κ2) is 4.52. The monoisotopic (exact) mass is 218 g/mol. The van der Waals surface area contributed by atoms with Crippen LogP contribution in [0.2, 0.25) is 0 Å². The zero-order valence-corrected chi connectivity index (χ0v) is 8.70. The Morgan fingerprint density at radius 2 is 2.44 bits per heavy atom. The maximum absolute atomic E-state index is 11.5. The van der Waals surface area contributed by atoms with Gasteiger partial charge in [-0.1, -0.05) is 5.21 Å². The highest BCUT2D eigenvalue weighted by molar-refractivity contribution is 5.88. The summed E-state index contributed by atoms with van der Waals surface area (Å²) in [6.07, 6.45) is 4.74. The average molecular weight is 218 g/mol. The summed E-state index contributed by atoms with van der Waals surface area (Å²) in [5.74, 6) is -0.429. The second-order valence-electron chi connectivity index (χ2n) is 3.20. The van der Waals surface area contributed by atoms with Gasteiger partial charge in [0.1, 0.15) is 0 Å². The van der Waals surface area contributed by atoms with Crippen molar-refractivity contribution in [1.82, 2.24) is 20.0 Å². The molecule has 2 heterocycles. The molecular weight excluding hydrogens is 208 g/mol. The fourth-order valence-corrected chi connectivity index (χ4v) is 1.15. The zero-order valence-electron chi connectivity index (χ0n) is 8.70. The molecule has 16 heavy (non-hydrogen) atoms. The van der Waals surface area contributed by atoms with E-state index in [4.69, 9.17) is 4.74 Å². The molecule has 0 radical (unpaired) electrons. The van der Waals surface area contributed by atoms with Crippen molar-refractivity contribution in [1.29, 1.82) is 0 Å². The van der Waals surface area contributed by atoms with Gasteiger partial charge in [0.05, 0.1) is 17.5 Å². The topological polar surface area (TPSA) is 69.9 Å². The second-order valence-corrected chi connectivity index (χ2v) is 3.20. The van der Waals surface area contributed by atoms with Crippen LogP contribution in [0.5, 0.6) is 0 Å². The third-order valence-corrected chi connectivity index (χ3v) is 1.88. The lowest BCUT2D eigenvalue weighted by Gasteiger charge is -2.03. The molecule has 0 saturated heterocycles. The summed E-state index contributed by atoms with van der Waals surface area (Å²) in [6, 6.07) is 3.32. The molecule has 0 unspecified atom stereocenters. The first-order valence-electron chi connectivity index (χ1n) is 4.69. The predicted molar refractivity (Wildman–Crippen MR) is 54.4 cm³/mol. The van der Waals surface area contributed by atoms with Crippen molar-refractivity contribution in [3.05, 3.63) is 42.0 Å². The smallest absolute Gasteiger partial charge is 0.341 e. The molecule has 0 aliphatic carbocycles. The Morgan fingerprint density at radius 3 is 3.06 bits per heavy atom. The van der Waals surface area contributed by atoms with Crippen LogP contribution in [0.25, 0.3) is 0 Å². The van der Waals surface area contributed by atoms with Crippen LogP contribution < -0.4 is 0 Å². The summed E-state index contributed by atoms with van der Waals surface area (Å²) >= 11 is 0. The van der Waals surface area contributed by atoms with Crippen LogP contribution in [0, 0.1) is 6.92 Å². The molecule has 6 nitrogen and oxygen atoms in total. The molecular formula is C10H10N4O2. The highest BCUT2D eigenvalue weighted by atomic mass is 16.5. The lowest BCUT2D eigenvalue weighted by atomic mass is 10.3. The SMILES string of the molecule is Cc1cn(COC(=O)c2cccnc2)nn1. The number of pyridine rings is 1. The number of carbonyl (C=O) groups is 1. The third kappa shape index (κ3) is 2.41. The van der Waals surface area contributed by atoms with E-state index < -0.39 is 5.97 Å². The summed E-state index contributed by atoms with van der Waals surface area (Å²) in [5.41, 5.74) is 1.19. The molecule has 2 aromatic rings. The van der Waals surface area contributed by atoms with Crippen molar-refractivity contribution in [3.63, 3.8) is 0 Å². The Balaban J connectivity index is 1.94. The van der Waals surface area contributed by atoms with Gasteiger partial charge in [-0.25, -0.2) is 9.48 Å². The van der Waals surface area contributed by atoms with Gasteiger partial charge < -0.3 is 4.74 Å². The van der Waals surface area contributed by atoms with Crippen molar-refractivity contribution >= 4 is 5.97 Å². The molecule has 0 amide bonds. The number of aromatic nitrogens is 4. The van der Waals surface area contributed by atoms with Gasteiger partial charge in [-0.2, -0.15) is 0 Å². The van der Waals surface area contributed by atoms with Gasteiger partial charge >= 0.3 is 5.97 Å². The summed E-state index contributed by atoms with van der Waals surface area (Å²) in [4.78, 5) is 15.3. The molecule has 0 aliphatic rings. The van der Waals surface area contributed by atoms with Crippen LogP contribution in [0.1, 0.15) is 16.1 Å². The summed E-state index contributed by atoms with van der Waals surface area (Å²) in [7, 11) is 0. The van der Waals surface area contributed by atoms with E-state index in [0.29, 0.717) is 5.56 Å². The van der Waals surface area contributed by atoms with Gasteiger partial charge in [-0.05, 0) is 19.1 Å². The van der Waals surface area contributed by atoms with E-state index in [1.807, 2.05) is 6.92 Å². The molecule has 0 atom stereocenters. The number of ether oxygens (including phenoxy) is 1. The van der Waals surface area contributed by atoms with Crippen molar-refractivity contribution in [2.75, 3.05) is 0 Å². The van der Waals surface area contributed by atoms with E-state index in [-0.39, 0.29) is 6.73 Å². The first kappa shape index (κ1) is 10.3. The molecule has 0 fully saturated rings. The van der Waals surface area contributed by atoms with E-state index in [9.17, 15) is 4.79 Å². The first-order valence-corrected chi connectivity index (χ1v) is 4.69. The van der Waals surface area contributed by atoms with Crippen molar-refractivity contribution < 1.29 is 9.53 Å². The lowest BCUT2D eigenvalue weighted by molar-refractivity contribution is 0.0346. The number of hydrogen-bond acceptors (Lipinski definition) is 5. The maximum atomic E-state index is 11.5. The number of rotatable bonds is 3. The fraction of sp³-hybridized carbons (Fsp3) is 0.200. The molecule has 2 aromatic heterocycles. The number of hydrogen-bond donors (Lipinski definition) is 0. The van der Waals surface area contributed by atoms with E-state index in [1.165, 1.54) is 10.9 Å². The van der Waals surface area contributed by atoms with Crippen LogP contribution in [0.4, 0.5) is 0 Å². The molecule has 0 aromatic carbocycles. The molecule has 0 aliphatic heterocycles. The van der Waals surface area contributed by atoms with Crippen LogP contribution in [-0.4, -0.2) is 25.9 Å². The van der Waals surface area contributed by atoms with E-state index >= 15 is 0 Å². The van der Waals surface area contributed by atoms with Gasteiger partial charge in [-0.15, -0.1) is 5.10 Å². The van der Waals surface area contributed by atoms with Crippen LogP contribution >= 0.6 is 0 Å². The predicted octanol–water partition coefficient (Wildman–Crippen LogP) is 0.796. The first-order chi connectivity index (χ1) is 7.75. The largest absolute Gasteiger partial charge is 0.439 e. The van der Waals surface area contributed by atoms with Crippen LogP contribution in [0.15, 0.2) is 30.7 Å². The van der Waals surface area contributed by atoms with Crippen molar-refractivity contribution in [3.8, 4) is 0 Å². The third-order valence-electron chi connectivity index (χ3n) is 1.88. The Hall–Kier alpha value is -2.24. The molecule has 82 valence electrons. The molecule has 0 bridgehead atoms. The van der Waals surface area contributed by atoms with Gasteiger partial charge in [0, 0.05) is 12.4 Å². The van der Waals surface area contributed by atoms with Gasteiger partial charge in [0.15, 0.2) is 6.73 Å². The Labute approximate surface area is 91.9 Å². The van der Waals surface area contributed by atoms with Crippen LogP contribution in [-0.2, 0) is 11.5 Å². The molecule has 0 N–H and O–H groups in total. The number of carbonyl (C=O) groups excluding carboxylic acids is 1. The highest BCUT2D eigenvalue weighted by Gasteiger charge is 2.06. The number of nitrogens with zero attached hydrogens (tertiary/aromatic N) is 4. The minimum Gasteiger partial charge on any atom is -0.439 e. The highest BCUT2D eigenvalue weighted by Crippen LogP contribution is 2.00. The minimum absolute atomic E-state index is 0.0502. The lowest BCUT2D eigenvalue weighted by Crippen LogP contribution is -2.10. The van der Waals surface area contributed by atoms with Crippen LogP contribution in [0.3, 0.4) is 0 Å². The summed E-state index contributed by atoms with van der Waals surface area (Å²) in [6.45, 7) is 1.86. The van der Waals surface area contributed by atoms with Gasteiger partial charge in [0.25, 0.3) is 0 Å². The quantitative estimate of drug-likeness (QED) is 0.712. The van der Waals surface area contributed by atoms with E-state index in [2.05, 4.69) is 15.3 Å². The Bertz CT molecular complexity index is 481. The van der Waals surface area contributed by atoms with E-state index in [0.717, 1.165) is 5.69 Å². The standard InChI is InChI=1S/C10H10N4O2/c1-8-6-14(13-12-8)7-16-10(15)9-3-2-4-11-5-9/h2-6H,7H2,1H3. The normalized spacial score (nSPS) is 10.1. The van der Waals surface area contributed by atoms with Gasteiger partial charge in [0.2, 0.25) is 0 Å². The Kier molecular flexibility index (Phi) is 2.90. The zero-order chi connectivity index (χ0) is 11.4. The average Bonchev–Trinajstić information content (AvgIpc) is 2.73. The summed E-state index contributed by atoms with van der Waals surface area (Å²) < 4.78 is 6.46. The molecule has 2 rings (SSSR count). The Morgan fingerprint density at radius 1 is 1.56 bits per heavy atom.